The van der Waals surface area contributed by atoms with E-state index in [1.807, 2.05) is 0 Å². The molecule has 0 aliphatic heterocycles. The van der Waals surface area contributed by atoms with Crippen LogP contribution in [0.1, 0.15) is 19.4 Å². The van der Waals surface area contributed by atoms with E-state index < -0.39 is 17.5 Å². The highest BCUT2D eigenvalue weighted by Gasteiger charge is 2.20. The fraction of sp³-hybridized carbons (Fsp3) is 0.385. The number of nitrogens with two attached hydrogens (primary N) is 1. The maximum absolute atomic E-state index is 13.5. The summed E-state index contributed by atoms with van der Waals surface area (Å²) in [5, 5.41) is 11.3. The third-order valence-corrected chi connectivity index (χ3v) is 2.76. The molecule has 0 fully saturated rings. The van der Waals surface area contributed by atoms with Crippen LogP contribution in [0.4, 0.5) is 8.78 Å². The van der Waals surface area contributed by atoms with E-state index in [0.717, 1.165) is 12.1 Å². The van der Waals surface area contributed by atoms with Gasteiger partial charge in [0.2, 0.25) is 5.91 Å². The van der Waals surface area contributed by atoms with Crippen LogP contribution in [-0.2, 0) is 11.2 Å². The molecule has 0 bridgehead atoms. The maximum Gasteiger partial charge on any atom is 0.227 e. The molecule has 1 aromatic rings. The summed E-state index contributed by atoms with van der Waals surface area (Å²) in [5.41, 5.74) is 5.47. The summed E-state index contributed by atoms with van der Waals surface area (Å²) in [7, 11) is 0. The molecule has 0 radical (unpaired) electrons. The van der Waals surface area contributed by atoms with Gasteiger partial charge in [-0.3, -0.25) is 4.79 Å². The first kappa shape index (κ1) is 15.9. The molecule has 0 unspecified atom stereocenters. The fourth-order valence-electron chi connectivity index (χ4n) is 1.69. The van der Waals surface area contributed by atoms with Crippen molar-refractivity contribution in [2.24, 2.45) is 10.9 Å². The van der Waals surface area contributed by atoms with Crippen molar-refractivity contribution in [3.05, 3.63) is 35.4 Å². The molecule has 1 amide bonds. The number of oxime groups is 1. The summed E-state index contributed by atoms with van der Waals surface area (Å²) < 4.78 is 26.3. The number of rotatable bonds is 5. The van der Waals surface area contributed by atoms with Gasteiger partial charge < -0.3 is 15.8 Å². The molecule has 3 N–H and O–H groups in total. The molecule has 1 rings (SSSR count). The van der Waals surface area contributed by atoms with Crippen molar-refractivity contribution < 1.29 is 18.8 Å². The fourth-order valence-corrected chi connectivity index (χ4v) is 1.69. The summed E-state index contributed by atoms with van der Waals surface area (Å²) in [4.78, 5) is 13.5. The minimum absolute atomic E-state index is 0.0597. The molecular weight excluding hydrogens is 268 g/mol. The van der Waals surface area contributed by atoms with E-state index in [-0.39, 0.29) is 30.4 Å². The van der Waals surface area contributed by atoms with E-state index in [0.29, 0.717) is 0 Å². The number of nitrogens with zero attached hydrogens (tertiary/aromatic N) is 2. The lowest BCUT2D eigenvalue weighted by atomic mass is 10.1. The van der Waals surface area contributed by atoms with Crippen LogP contribution in [-0.4, -0.2) is 34.4 Å². The largest absolute Gasteiger partial charge is 0.409 e. The van der Waals surface area contributed by atoms with Crippen molar-refractivity contribution >= 4 is 11.7 Å². The Hall–Kier alpha value is -2.18. The van der Waals surface area contributed by atoms with E-state index in [2.05, 4.69) is 5.16 Å². The number of amides is 1. The Morgan fingerprint density at radius 3 is 2.60 bits per heavy atom. The molecule has 0 saturated carbocycles. The Morgan fingerprint density at radius 1 is 1.45 bits per heavy atom. The molecular formula is C13H17F2N3O2. The van der Waals surface area contributed by atoms with Gasteiger partial charge in [0.05, 0.1) is 13.0 Å². The number of hydrogen-bond donors (Lipinski definition) is 2. The average Bonchev–Trinajstić information content (AvgIpc) is 2.38. The van der Waals surface area contributed by atoms with Crippen molar-refractivity contribution in [2.75, 3.05) is 6.54 Å². The molecule has 0 aliphatic rings. The molecule has 1 aromatic carbocycles. The summed E-state index contributed by atoms with van der Waals surface area (Å²) in [5.74, 6) is -1.98. The Kier molecular flexibility index (Phi) is 5.42. The number of hydrogen-bond acceptors (Lipinski definition) is 3. The molecule has 0 saturated heterocycles. The second kappa shape index (κ2) is 6.83. The Balaban J connectivity index is 2.85. The van der Waals surface area contributed by atoms with Gasteiger partial charge in [0.1, 0.15) is 11.6 Å². The quantitative estimate of drug-likeness (QED) is 0.372. The number of carbonyl (C=O) groups excluding carboxylic acids is 1. The van der Waals surface area contributed by atoms with Gasteiger partial charge in [-0.2, -0.15) is 0 Å². The summed E-state index contributed by atoms with van der Waals surface area (Å²) in [6.45, 7) is 3.45. The molecule has 0 aliphatic carbocycles. The lowest BCUT2D eigenvalue weighted by Crippen LogP contribution is -2.43. The van der Waals surface area contributed by atoms with Crippen LogP contribution in [0.25, 0.3) is 0 Å². The summed E-state index contributed by atoms with van der Waals surface area (Å²) >= 11 is 0. The predicted molar refractivity (Wildman–Crippen MR) is 70.3 cm³/mol. The number of amidine groups is 1. The van der Waals surface area contributed by atoms with Gasteiger partial charge in [0.25, 0.3) is 0 Å². The van der Waals surface area contributed by atoms with Crippen LogP contribution in [0, 0.1) is 11.6 Å². The first-order chi connectivity index (χ1) is 9.35. The van der Waals surface area contributed by atoms with Gasteiger partial charge in [0.15, 0.2) is 5.84 Å². The van der Waals surface area contributed by atoms with E-state index in [9.17, 15) is 13.6 Å². The molecule has 5 nitrogen and oxygen atoms in total. The van der Waals surface area contributed by atoms with Crippen LogP contribution >= 0.6 is 0 Å². The summed E-state index contributed by atoms with van der Waals surface area (Å²) in [6.07, 6.45) is -0.219. The first-order valence-electron chi connectivity index (χ1n) is 6.05. The lowest BCUT2D eigenvalue weighted by molar-refractivity contribution is -0.131. The third-order valence-electron chi connectivity index (χ3n) is 2.76. The van der Waals surface area contributed by atoms with E-state index in [1.165, 1.54) is 11.0 Å². The number of halogens is 2. The maximum atomic E-state index is 13.5. The zero-order chi connectivity index (χ0) is 15.3. The van der Waals surface area contributed by atoms with E-state index in [4.69, 9.17) is 10.9 Å². The zero-order valence-electron chi connectivity index (χ0n) is 11.3. The highest BCUT2D eigenvalue weighted by atomic mass is 19.1. The molecule has 20 heavy (non-hydrogen) atoms. The first-order valence-corrected chi connectivity index (χ1v) is 6.05. The van der Waals surface area contributed by atoms with E-state index >= 15 is 0 Å². The van der Waals surface area contributed by atoms with Gasteiger partial charge in [-0.1, -0.05) is 11.2 Å². The van der Waals surface area contributed by atoms with Crippen LogP contribution < -0.4 is 5.73 Å². The highest BCUT2D eigenvalue weighted by molar-refractivity contribution is 5.87. The molecule has 7 heteroatoms. The zero-order valence-corrected chi connectivity index (χ0v) is 11.3. The van der Waals surface area contributed by atoms with Gasteiger partial charge in [-0.15, -0.1) is 0 Å². The van der Waals surface area contributed by atoms with E-state index in [1.54, 1.807) is 13.8 Å². The predicted octanol–water partition coefficient (Wildman–Crippen LogP) is 1.49. The van der Waals surface area contributed by atoms with Crippen molar-refractivity contribution in [2.45, 2.75) is 26.3 Å². The number of carbonyl (C=O) groups is 1. The standard InChI is InChI=1S/C13H17F2N3O2/c1-8(2)18(7-12(16)17-20)13(19)5-9-3-4-10(14)6-11(9)15/h3-4,6,8,20H,5,7H2,1-2H3,(H2,16,17). The monoisotopic (exact) mass is 285 g/mol. The minimum atomic E-state index is -0.772. The van der Waals surface area contributed by atoms with Gasteiger partial charge >= 0.3 is 0 Å². The summed E-state index contributed by atoms with van der Waals surface area (Å²) in [6, 6.07) is 2.84. The van der Waals surface area contributed by atoms with Crippen molar-refractivity contribution in [1.29, 1.82) is 0 Å². The van der Waals surface area contributed by atoms with Crippen LogP contribution in [0.3, 0.4) is 0 Å². The molecule has 0 aromatic heterocycles. The molecule has 0 spiro atoms. The Bertz CT molecular complexity index is 518. The second-order valence-corrected chi connectivity index (χ2v) is 4.62. The van der Waals surface area contributed by atoms with Crippen LogP contribution in [0.5, 0.6) is 0 Å². The molecule has 0 atom stereocenters. The van der Waals surface area contributed by atoms with Gasteiger partial charge in [-0.05, 0) is 25.5 Å². The molecule has 0 heterocycles. The minimum Gasteiger partial charge on any atom is -0.409 e. The SMILES string of the molecule is CC(C)N(C/C(N)=N/O)C(=O)Cc1ccc(F)cc1F. The highest BCUT2D eigenvalue weighted by Crippen LogP contribution is 2.12. The van der Waals surface area contributed by atoms with Crippen molar-refractivity contribution in [3.63, 3.8) is 0 Å². The Morgan fingerprint density at radius 2 is 2.10 bits per heavy atom. The van der Waals surface area contributed by atoms with Gasteiger partial charge in [0, 0.05) is 12.1 Å². The topological polar surface area (TPSA) is 78.9 Å². The van der Waals surface area contributed by atoms with Crippen LogP contribution in [0.2, 0.25) is 0 Å². The second-order valence-electron chi connectivity index (χ2n) is 4.62. The van der Waals surface area contributed by atoms with Gasteiger partial charge in [-0.25, -0.2) is 8.78 Å². The molecule has 110 valence electrons. The smallest absolute Gasteiger partial charge is 0.227 e. The van der Waals surface area contributed by atoms with Crippen molar-refractivity contribution in [1.82, 2.24) is 4.90 Å². The normalized spacial score (nSPS) is 11.8. The average molecular weight is 285 g/mol. The lowest BCUT2D eigenvalue weighted by Gasteiger charge is -2.26. The number of benzene rings is 1. The Labute approximate surface area is 115 Å². The van der Waals surface area contributed by atoms with Crippen molar-refractivity contribution in [3.8, 4) is 0 Å². The third kappa shape index (κ3) is 4.18. The van der Waals surface area contributed by atoms with Crippen LogP contribution in [0.15, 0.2) is 23.4 Å².